The van der Waals surface area contributed by atoms with E-state index in [2.05, 4.69) is 18.7 Å². The molecule has 0 aromatic heterocycles. The Morgan fingerprint density at radius 1 is 1.43 bits per heavy atom. The number of aliphatic carboxylic acids is 1. The van der Waals surface area contributed by atoms with Gasteiger partial charge in [0.15, 0.2) is 0 Å². The summed E-state index contributed by atoms with van der Waals surface area (Å²) < 4.78 is 0. The Balaban J connectivity index is 2.58. The molecule has 4 heteroatoms. The van der Waals surface area contributed by atoms with Gasteiger partial charge in [0.05, 0.1) is 5.92 Å². The lowest BCUT2D eigenvalue weighted by Crippen LogP contribution is -2.35. The second-order valence-corrected chi connectivity index (χ2v) is 4.32. The molecule has 0 radical (unpaired) electrons. The molecule has 1 aliphatic rings. The smallest absolute Gasteiger partial charge is 0.308 e. The molecule has 1 fully saturated rings. The molecule has 0 aromatic carbocycles. The van der Waals surface area contributed by atoms with Crippen LogP contribution in [-0.4, -0.2) is 41.1 Å². The van der Waals surface area contributed by atoms with Gasteiger partial charge in [0, 0.05) is 12.1 Å². The maximum atomic E-state index is 10.9. The fraction of sp³-hybridized carbons (Fsp3) is 0.900. The topological polar surface area (TPSA) is 66.6 Å². The molecule has 1 saturated heterocycles. The van der Waals surface area contributed by atoms with Crippen molar-refractivity contribution in [3.05, 3.63) is 0 Å². The molecule has 0 bridgehead atoms. The standard InChI is InChI=1S/C10H20N2O2/c1-7(2)12-5-3-8(10(13)14)9(11)4-6-12/h7-9H,3-6,11H2,1-2H3,(H,13,14). The molecule has 2 unspecified atom stereocenters. The molecule has 4 nitrogen and oxygen atoms in total. The molecule has 2 atom stereocenters. The van der Waals surface area contributed by atoms with E-state index in [0.717, 1.165) is 19.5 Å². The number of nitrogens with zero attached hydrogens (tertiary/aromatic N) is 1. The molecule has 0 aliphatic carbocycles. The second kappa shape index (κ2) is 4.75. The van der Waals surface area contributed by atoms with Gasteiger partial charge < -0.3 is 15.7 Å². The highest BCUT2D eigenvalue weighted by atomic mass is 16.4. The van der Waals surface area contributed by atoms with Crippen molar-refractivity contribution < 1.29 is 9.90 Å². The molecular weight excluding hydrogens is 180 g/mol. The van der Waals surface area contributed by atoms with Crippen molar-refractivity contribution in [2.45, 2.75) is 38.8 Å². The van der Waals surface area contributed by atoms with E-state index in [0.29, 0.717) is 12.5 Å². The summed E-state index contributed by atoms with van der Waals surface area (Å²) in [7, 11) is 0. The Morgan fingerprint density at radius 2 is 2.00 bits per heavy atom. The van der Waals surface area contributed by atoms with Crippen molar-refractivity contribution in [2.24, 2.45) is 11.7 Å². The number of carbonyl (C=O) groups is 1. The van der Waals surface area contributed by atoms with Crippen LogP contribution in [0.3, 0.4) is 0 Å². The molecule has 1 rings (SSSR count). The highest BCUT2D eigenvalue weighted by molar-refractivity contribution is 5.70. The number of nitrogens with two attached hydrogens (primary N) is 1. The van der Waals surface area contributed by atoms with Crippen LogP contribution in [-0.2, 0) is 4.79 Å². The van der Waals surface area contributed by atoms with Gasteiger partial charge in [0.1, 0.15) is 0 Å². The minimum atomic E-state index is -0.747. The largest absolute Gasteiger partial charge is 0.481 e. The SMILES string of the molecule is CC(C)N1CCC(N)C(C(=O)O)CC1. The summed E-state index contributed by atoms with van der Waals surface area (Å²) in [5, 5.41) is 8.96. The average molecular weight is 200 g/mol. The van der Waals surface area contributed by atoms with Gasteiger partial charge in [-0.05, 0) is 39.8 Å². The summed E-state index contributed by atoms with van der Waals surface area (Å²) in [6, 6.07) is 0.297. The van der Waals surface area contributed by atoms with Crippen LogP contribution in [0.1, 0.15) is 26.7 Å². The Hall–Kier alpha value is -0.610. The highest BCUT2D eigenvalue weighted by Crippen LogP contribution is 2.18. The molecule has 1 heterocycles. The van der Waals surface area contributed by atoms with Gasteiger partial charge in [0.2, 0.25) is 0 Å². The van der Waals surface area contributed by atoms with Crippen LogP contribution in [0, 0.1) is 5.92 Å². The Morgan fingerprint density at radius 3 is 2.50 bits per heavy atom. The summed E-state index contributed by atoms with van der Waals surface area (Å²) in [6.45, 7) is 6.03. The van der Waals surface area contributed by atoms with Crippen LogP contribution < -0.4 is 5.73 Å². The van der Waals surface area contributed by atoms with E-state index < -0.39 is 5.97 Å². The Bertz CT molecular complexity index is 206. The predicted molar refractivity (Wildman–Crippen MR) is 55.0 cm³/mol. The zero-order valence-corrected chi connectivity index (χ0v) is 8.94. The van der Waals surface area contributed by atoms with E-state index in [9.17, 15) is 4.79 Å². The number of carboxylic acid groups (broad SMARTS) is 1. The number of hydrogen-bond donors (Lipinski definition) is 2. The van der Waals surface area contributed by atoms with Crippen molar-refractivity contribution in [1.29, 1.82) is 0 Å². The zero-order chi connectivity index (χ0) is 10.7. The second-order valence-electron chi connectivity index (χ2n) is 4.32. The van der Waals surface area contributed by atoms with Crippen LogP contribution in [0.15, 0.2) is 0 Å². The molecule has 3 N–H and O–H groups in total. The maximum absolute atomic E-state index is 10.9. The van der Waals surface area contributed by atoms with Crippen LogP contribution >= 0.6 is 0 Å². The third-order valence-electron chi connectivity index (χ3n) is 3.04. The van der Waals surface area contributed by atoms with E-state index in [-0.39, 0.29) is 12.0 Å². The van der Waals surface area contributed by atoms with Gasteiger partial charge in [-0.2, -0.15) is 0 Å². The van der Waals surface area contributed by atoms with E-state index >= 15 is 0 Å². The molecule has 14 heavy (non-hydrogen) atoms. The number of rotatable bonds is 2. The fourth-order valence-electron chi connectivity index (χ4n) is 1.97. The minimum Gasteiger partial charge on any atom is -0.481 e. The van der Waals surface area contributed by atoms with Gasteiger partial charge in [-0.1, -0.05) is 0 Å². The summed E-state index contributed by atoms with van der Waals surface area (Å²) in [5.74, 6) is -1.11. The van der Waals surface area contributed by atoms with Gasteiger partial charge in [-0.3, -0.25) is 4.79 Å². The lowest BCUT2D eigenvalue weighted by Gasteiger charge is -2.24. The summed E-state index contributed by atoms with van der Waals surface area (Å²) in [6.07, 6.45) is 1.46. The first kappa shape index (κ1) is 11.5. The van der Waals surface area contributed by atoms with Crippen LogP contribution in [0.4, 0.5) is 0 Å². The van der Waals surface area contributed by atoms with Crippen molar-refractivity contribution in [3.63, 3.8) is 0 Å². The van der Waals surface area contributed by atoms with Gasteiger partial charge in [0.25, 0.3) is 0 Å². The third kappa shape index (κ3) is 2.69. The van der Waals surface area contributed by atoms with Crippen molar-refractivity contribution in [2.75, 3.05) is 13.1 Å². The molecular formula is C10H20N2O2. The van der Waals surface area contributed by atoms with Crippen molar-refractivity contribution in [1.82, 2.24) is 4.90 Å². The van der Waals surface area contributed by atoms with E-state index in [1.807, 2.05) is 0 Å². The Labute approximate surface area is 85.1 Å². The number of hydrogen-bond acceptors (Lipinski definition) is 3. The first-order chi connectivity index (χ1) is 6.52. The van der Waals surface area contributed by atoms with Gasteiger partial charge in [-0.25, -0.2) is 0 Å². The van der Waals surface area contributed by atoms with Crippen LogP contribution in [0.2, 0.25) is 0 Å². The third-order valence-corrected chi connectivity index (χ3v) is 3.04. The van der Waals surface area contributed by atoms with Crippen LogP contribution in [0.5, 0.6) is 0 Å². The van der Waals surface area contributed by atoms with E-state index in [4.69, 9.17) is 10.8 Å². The first-order valence-corrected chi connectivity index (χ1v) is 5.24. The average Bonchev–Trinajstić information content (AvgIpc) is 2.26. The highest BCUT2D eigenvalue weighted by Gasteiger charge is 2.29. The molecule has 0 spiro atoms. The predicted octanol–water partition coefficient (Wildman–Crippen LogP) is 0.519. The number of likely N-dealkylation sites (tertiary alicyclic amines) is 1. The normalized spacial score (nSPS) is 30.3. The van der Waals surface area contributed by atoms with Crippen molar-refractivity contribution in [3.8, 4) is 0 Å². The maximum Gasteiger partial charge on any atom is 0.308 e. The fourth-order valence-corrected chi connectivity index (χ4v) is 1.97. The summed E-state index contributed by atoms with van der Waals surface area (Å²) in [5.41, 5.74) is 5.83. The number of carboxylic acids is 1. The van der Waals surface area contributed by atoms with E-state index in [1.165, 1.54) is 0 Å². The Kier molecular flexibility index (Phi) is 3.89. The van der Waals surface area contributed by atoms with E-state index in [1.54, 1.807) is 0 Å². The minimum absolute atomic E-state index is 0.184. The lowest BCUT2D eigenvalue weighted by molar-refractivity contribution is -0.142. The first-order valence-electron chi connectivity index (χ1n) is 5.24. The van der Waals surface area contributed by atoms with Crippen molar-refractivity contribution >= 4 is 5.97 Å². The molecule has 1 aliphatic heterocycles. The van der Waals surface area contributed by atoms with Crippen LogP contribution in [0.25, 0.3) is 0 Å². The van der Waals surface area contributed by atoms with Gasteiger partial charge in [-0.15, -0.1) is 0 Å². The summed E-state index contributed by atoms with van der Waals surface area (Å²) in [4.78, 5) is 13.2. The molecule has 0 amide bonds. The quantitative estimate of drug-likeness (QED) is 0.682. The van der Waals surface area contributed by atoms with Gasteiger partial charge >= 0.3 is 5.97 Å². The molecule has 0 saturated carbocycles. The molecule has 0 aromatic rings. The molecule has 82 valence electrons. The summed E-state index contributed by atoms with van der Waals surface area (Å²) >= 11 is 0. The zero-order valence-electron chi connectivity index (χ0n) is 8.94. The lowest BCUT2D eigenvalue weighted by atomic mass is 9.96. The monoisotopic (exact) mass is 200 g/mol.